The zero-order valence-corrected chi connectivity index (χ0v) is 20.4. The molecule has 3 unspecified atom stereocenters. The predicted molar refractivity (Wildman–Crippen MR) is 132 cm³/mol. The second-order valence-electron chi connectivity index (χ2n) is 9.42. The second-order valence-corrected chi connectivity index (χ2v) is 10.2. The van der Waals surface area contributed by atoms with E-state index >= 15 is 0 Å². The topological polar surface area (TPSA) is 91.6 Å². The molecule has 3 atom stereocenters. The summed E-state index contributed by atoms with van der Waals surface area (Å²) in [7, 11) is 0. The van der Waals surface area contributed by atoms with Crippen molar-refractivity contribution in [2.24, 2.45) is 0 Å². The van der Waals surface area contributed by atoms with E-state index in [4.69, 9.17) is 32.9 Å². The van der Waals surface area contributed by atoms with Crippen LogP contribution in [0.3, 0.4) is 0 Å². The Morgan fingerprint density at radius 2 is 2.00 bits per heavy atom. The van der Waals surface area contributed by atoms with Gasteiger partial charge in [-0.2, -0.15) is 5.10 Å². The van der Waals surface area contributed by atoms with Crippen molar-refractivity contribution in [3.05, 3.63) is 34.7 Å². The average Bonchev–Trinajstić information content (AvgIpc) is 3.47. The van der Waals surface area contributed by atoms with Crippen LogP contribution in [0.4, 0.5) is 17.3 Å². The Morgan fingerprint density at radius 3 is 2.74 bits per heavy atom. The van der Waals surface area contributed by atoms with Gasteiger partial charge in [-0.25, -0.2) is 14.6 Å². The molecule has 6 rings (SSSR count). The summed E-state index contributed by atoms with van der Waals surface area (Å²) in [5, 5.41) is 19.9. The molecule has 0 bridgehead atoms. The number of aliphatic hydroxyl groups excluding tert-OH is 1. The molecule has 1 aliphatic carbocycles. The van der Waals surface area contributed by atoms with Gasteiger partial charge in [-0.05, 0) is 31.9 Å². The van der Waals surface area contributed by atoms with Crippen molar-refractivity contribution >= 4 is 51.4 Å². The van der Waals surface area contributed by atoms with Crippen molar-refractivity contribution in [2.45, 2.75) is 44.0 Å². The van der Waals surface area contributed by atoms with E-state index in [2.05, 4.69) is 32.1 Å². The van der Waals surface area contributed by atoms with Crippen molar-refractivity contribution in [1.29, 1.82) is 0 Å². The minimum absolute atomic E-state index is 0.0640. The van der Waals surface area contributed by atoms with Crippen LogP contribution in [-0.2, 0) is 4.74 Å². The maximum absolute atomic E-state index is 10.2. The number of aromatic nitrogens is 4. The summed E-state index contributed by atoms with van der Waals surface area (Å²) in [6, 6.07) is 4.63. The Hall–Kier alpha value is -2.17. The normalized spacial score (nSPS) is 25.9. The van der Waals surface area contributed by atoms with E-state index in [1.807, 2.05) is 16.8 Å². The lowest BCUT2D eigenvalue weighted by molar-refractivity contribution is 0.0713. The van der Waals surface area contributed by atoms with E-state index in [1.165, 1.54) is 0 Å². The highest BCUT2D eigenvalue weighted by Gasteiger charge is 2.36. The molecule has 0 spiro atoms. The van der Waals surface area contributed by atoms with Crippen molar-refractivity contribution in [3.63, 3.8) is 0 Å². The van der Waals surface area contributed by atoms with Gasteiger partial charge in [-0.3, -0.25) is 4.90 Å². The first-order chi connectivity index (χ1) is 16.5. The Labute approximate surface area is 207 Å². The summed E-state index contributed by atoms with van der Waals surface area (Å²) < 4.78 is 7.30. The monoisotopic (exact) mass is 503 g/mol. The number of hydrogen-bond acceptors (Lipinski definition) is 8. The first-order valence-corrected chi connectivity index (χ1v) is 12.5. The van der Waals surface area contributed by atoms with E-state index < -0.39 is 6.10 Å². The molecular weight excluding hydrogens is 477 g/mol. The van der Waals surface area contributed by atoms with E-state index in [-0.39, 0.29) is 12.1 Å². The van der Waals surface area contributed by atoms with Crippen molar-refractivity contribution in [2.75, 3.05) is 43.1 Å². The van der Waals surface area contributed by atoms with Crippen LogP contribution >= 0.6 is 23.2 Å². The molecule has 3 aromatic rings. The van der Waals surface area contributed by atoms with Crippen LogP contribution in [0, 0.1) is 0 Å². The van der Waals surface area contributed by atoms with Crippen LogP contribution in [0.25, 0.3) is 10.9 Å². The molecule has 4 heterocycles. The zero-order valence-electron chi connectivity index (χ0n) is 18.9. The molecule has 2 aliphatic heterocycles. The molecule has 11 heteroatoms. The minimum atomic E-state index is -0.421. The molecule has 9 nitrogen and oxygen atoms in total. The average molecular weight is 504 g/mol. The summed E-state index contributed by atoms with van der Waals surface area (Å²) in [6.45, 7) is 5.66. The van der Waals surface area contributed by atoms with Crippen LogP contribution in [0.1, 0.15) is 25.8 Å². The van der Waals surface area contributed by atoms with Gasteiger partial charge in [-0.1, -0.05) is 23.2 Å². The Balaban J connectivity index is 1.23. The van der Waals surface area contributed by atoms with Gasteiger partial charge in [0.15, 0.2) is 5.15 Å². The molecular formula is C23H27Cl2N7O2. The fraction of sp³-hybridized carbons (Fsp3) is 0.522. The number of aliphatic hydroxyl groups is 1. The maximum Gasteiger partial charge on any atom is 0.227 e. The summed E-state index contributed by atoms with van der Waals surface area (Å²) in [5.74, 6) is 0.464. The molecule has 2 N–H and O–H groups in total. The lowest BCUT2D eigenvalue weighted by atomic mass is 10.1. The van der Waals surface area contributed by atoms with Gasteiger partial charge >= 0.3 is 0 Å². The summed E-state index contributed by atoms with van der Waals surface area (Å²) in [4.78, 5) is 13.8. The molecule has 3 fully saturated rings. The smallest absolute Gasteiger partial charge is 0.227 e. The molecule has 180 valence electrons. The largest absolute Gasteiger partial charge is 0.389 e. The number of fused-ring (bicyclic) bond motifs is 1. The number of halogens is 2. The fourth-order valence-electron chi connectivity index (χ4n) is 4.97. The second kappa shape index (κ2) is 8.80. The van der Waals surface area contributed by atoms with E-state index in [1.54, 1.807) is 12.4 Å². The highest BCUT2D eigenvalue weighted by atomic mass is 35.5. The molecule has 2 saturated heterocycles. The molecule has 34 heavy (non-hydrogen) atoms. The SMILES string of the molecule is CC1CN(C2COCC2O)CCN1c1cc2nc(Nc3cnn(C4CC4)c3Cl)ncc2cc1Cl. The number of rotatable bonds is 5. The summed E-state index contributed by atoms with van der Waals surface area (Å²) in [5.41, 5.74) is 2.45. The van der Waals surface area contributed by atoms with Crippen LogP contribution < -0.4 is 10.2 Å². The van der Waals surface area contributed by atoms with Crippen LogP contribution in [0.2, 0.25) is 10.2 Å². The number of nitrogens with zero attached hydrogens (tertiary/aromatic N) is 6. The van der Waals surface area contributed by atoms with Gasteiger partial charge in [0.2, 0.25) is 5.95 Å². The van der Waals surface area contributed by atoms with Gasteiger partial charge in [0.25, 0.3) is 0 Å². The van der Waals surface area contributed by atoms with Crippen LogP contribution in [0.5, 0.6) is 0 Å². The first-order valence-electron chi connectivity index (χ1n) is 11.7. The lowest BCUT2D eigenvalue weighted by Crippen LogP contribution is -2.57. The Morgan fingerprint density at radius 1 is 1.15 bits per heavy atom. The molecule has 0 radical (unpaired) electrons. The molecule has 0 amide bonds. The zero-order chi connectivity index (χ0) is 23.4. The van der Waals surface area contributed by atoms with E-state index in [9.17, 15) is 5.11 Å². The first kappa shape index (κ1) is 22.3. The number of nitrogens with one attached hydrogen (secondary N) is 1. The van der Waals surface area contributed by atoms with Crippen LogP contribution in [0.15, 0.2) is 24.5 Å². The third-order valence-electron chi connectivity index (χ3n) is 6.98. The van der Waals surface area contributed by atoms with Gasteiger partial charge in [0, 0.05) is 37.3 Å². The predicted octanol–water partition coefficient (Wildman–Crippen LogP) is 3.48. The standard InChI is InChI=1S/C23H27Cl2N7O2/c1-13-10-30(20-11-34-12-21(20)33)4-5-31(13)19-7-17-14(6-16(19)24)8-26-23(28-17)29-18-9-27-32(22(18)25)15-2-3-15/h6-9,13,15,20-21,33H,2-5,10-12H2,1H3,(H,26,28,29). The number of piperazine rings is 1. The Kier molecular flexibility index (Phi) is 5.77. The molecule has 3 aliphatic rings. The highest BCUT2D eigenvalue weighted by molar-refractivity contribution is 6.34. The summed E-state index contributed by atoms with van der Waals surface area (Å²) in [6.07, 6.45) is 5.28. The molecule has 1 aromatic carbocycles. The Bertz CT molecular complexity index is 1220. The molecule has 1 saturated carbocycles. The third-order valence-corrected chi connectivity index (χ3v) is 7.66. The minimum Gasteiger partial charge on any atom is -0.389 e. The number of benzene rings is 1. The van der Waals surface area contributed by atoms with Crippen molar-refractivity contribution in [3.8, 4) is 0 Å². The van der Waals surface area contributed by atoms with E-state index in [0.717, 1.165) is 49.1 Å². The summed E-state index contributed by atoms with van der Waals surface area (Å²) >= 11 is 13.2. The van der Waals surface area contributed by atoms with Crippen molar-refractivity contribution < 1.29 is 9.84 Å². The number of hydrogen-bond donors (Lipinski definition) is 2. The van der Waals surface area contributed by atoms with Gasteiger partial charge in [0.05, 0.1) is 59.5 Å². The fourth-order valence-corrected chi connectivity index (χ4v) is 5.53. The lowest BCUT2D eigenvalue weighted by Gasteiger charge is -2.44. The highest BCUT2D eigenvalue weighted by Crippen LogP contribution is 2.39. The van der Waals surface area contributed by atoms with Gasteiger partial charge < -0.3 is 20.1 Å². The quantitative estimate of drug-likeness (QED) is 0.546. The maximum atomic E-state index is 10.2. The third kappa shape index (κ3) is 4.09. The number of ether oxygens (including phenoxy) is 1. The van der Waals surface area contributed by atoms with Crippen LogP contribution in [-0.4, -0.2) is 80.8 Å². The van der Waals surface area contributed by atoms with Crippen molar-refractivity contribution in [1.82, 2.24) is 24.6 Å². The van der Waals surface area contributed by atoms with E-state index in [0.29, 0.717) is 41.1 Å². The van der Waals surface area contributed by atoms with Gasteiger partial charge in [-0.15, -0.1) is 0 Å². The van der Waals surface area contributed by atoms with Gasteiger partial charge in [0.1, 0.15) is 0 Å². The molecule has 2 aromatic heterocycles. The number of anilines is 3.